The fourth-order valence-electron chi connectivity index (χ4n) is 1.62. The maximum atomic E-state index is 12.3. The van der Waals surface area contributed by atoms with Gasteiger partial charge >= 0.3 is 11.9 Å². The Hall–Kier alpha value is -1.02. The van der Waals surface area contributed by atoms with Crippen molar-refractivity contribution in [1.29, 1.82) is 0 Å². The molecule has 10 heteroatoms. The molecule has 1 amide bonds. The minimum Gasteiger partial charge on any atom is -0.467 e. The molecule has 0 aliphatic heterocycles. The zero-order valence-corrected chi connectivity index (χ0v) is 16.5. The van der Waals surface area contributed by atoms with Crippen LogP contribution in [0.4, 0.5) is 0 Å². The van der Waals surface area contributed by atoms with Crippen LogP contribution in [0, 0.1) is 0 Å². The van der Waals surface area contributed by atoms with E-state index in [4.69, 9.17) is 39.5 Å². The van der Waals surface area contributed by atoms with Gasteiger partial charge in [-0.15, -0.1) is 11.3 Å². The second kappa shape index (κ2) is 8.38. The second-order valence-corrected chi connectivity index (χ2v) is 8.05. The van der Waals surface area contributed by atoms with E-state index >= 15 is 0 Å². The van der Waals surface area contributed by atoms with Crippen molar-refractivity contribution in [2.75, 3.05) is 7.11 Å². The number of carbonyl (C=O) groups excluding carboxylic acids is 3. The first kappa shape index (κ1) is 21.0. The molecule has 0 aliphatic rings. The Balaban J connectivity index is 2.90. The van der Waals surface area contributed by atoms with Gasteiger partial charge in [0.25, 0.3) is 5.91 Å². The molecule has 0 aliphatic carbocycles. The highest BCUT2D eigenvalue weighted by molar-refractivity contribution is 7.19. The number of ether oxygens (including phenoxy) is 2. The average molecular weight is 417 g/mol. The Labute approximate surface area is 158 Å². The Bertz CT molecular complexity index is 654. The van der Waals surface area contributed by atoms with E-state index in [0.29, 0.717) is 0 Å². The lowest BCUT2D eigenvalue weighted by Gasteiger charge is -2.21. The number of hydrogen-bond donors (Lipinski definition) is 1. The van der Waals surface area contributed by atoms with Gasteiger partial charge in [-0.05, 0) is 20.8 Å². The van der Waals surface area contributed by atoms with Crippen LogP contribution in [0.1, 0.15) is 36.9 Å². The Morgan fingerprint density at radius 2 is 1.75 bits per heavy atom. The molecule has 1 N–H and O–H groups in total. The molecule has 6 nitrogen and oxygen atoms in total. The summed E-state index contributed by atoms with van der Waals surface area (Å²) < 4.78 is 9.88. The monoisotopic (exact) mass is 415 g/mol. The largest absolute Gasteiger partial charge is 0.467 e. The minimum atomic E-state index is -1.23. The number of hydrogen-bond acceptors (Lipinski definition) is 6. The summed E-state index contributed by atoms with van der Waals surface area (Å²) in [6.07, 6.45) is -0.389. The third kappa shape index (κ3) is 5.81. The molecule has 0 bridgehead atoms. The summed E-state index contributed by atoms with van der Waals surface area (Å²) in [5, 5.41) is 2.40. The van der Waals surface area contributed by atoms with Crippen LogP contribution in [-0.4, -0.2) is 36.6 Å². The van der Waals surface area contributed by atoms with Crippen LogP contribution in [-0.2, 0) is 19.1 Å². The van der Waals surface area contributed by atoms with Crippen LogP contribution in [0.25, 0.3) is 0 Å². The zero-order valence-electron chi connectivity index (χ0n) is 13.4. The second-order valence-electron chi connectivity index (χ2n) is 5.67. The van der Waals surface area contributed by atoms with Crippen LogP contribution in [0.3, 0.4) is 0 Å². The van der Waals surface area contributed by atoms with Crippen molar-refractivity contribution in [2.24, 2.45) is 0 Å². The average Bonchev–Trinajstić information content (AvgIpc) is 2.71. The van der Waals surface area contributed by atoms with Gasteiger partial charge in [0.05, 0.1) is 23.6 Å². The molecular weight excluding hydrogens is 401 g/mol. The molecular formula is C14H16Cl3NO5S. The lowest BCUT2D eigenvalue weighted by Crippen LogP contribution is -2.43. The summed E-state index contributed by atoms with van der Waals surface area (Å²) >= 11 is 18.4. The molecule has 0 fully saturated rings. The number of thiophene rings is 1. The van der Waals surface area contributed by atoms with E-state index in [9.17, 15) is 14.4 Å². The molecule has 1 rings (SSSR count). The lowest BCUT2D eigenvalue weighted by atomic mass is 10.1. The smallest absolute Gasteiger partial charge is 0.328 e. The van der Waals surface area contributed by atoms with Gasteiger partial charge in [0.15, 0.2) is 0 Å². The molecule has 1 aromatic heterocycles. The number of methoxy groups -OCH3 is 1. The highest BCUT2D eigenvalue weighted by atomic mass is 35.5. The van der Waals surface area contributed by atoms with Crippen molar-refractivity contribution in [3.63, 3.8) is 0 Å². The van der Waals surface area contributed by atoms with Crippen molar-refractivity contribution in [3.05, 3.63) is 19.3 Å². The third-order valence-corrected chi connectivity index (χ3v) is 5.12. The molecule has 24 heavy (non-hydrogen) atoms. The van der Waals surface area contributed by atoms with E-state index in [0.717, 1.165) is 18.4 Å². The first-order chi connectivity index (χ1) is 11.0. The molecule has 1 heterocycles. The maximum Gasteiger partial charge on any atom is 0.328 e. The van der Waals surface area contributed by atoms with Gasteiger partial charge in [-0.2, -0.15) is 0 Å². The van der Waals surface area contributed by atoms with Crippen molar-refractivity contribution in [1.82, 2.24) is 5.32 Å². The normalized spacial score (nSPS) is 12.5. The predicted molar refractivity (Wildman–Crippen MR) is 93.1 cm³/mol. The van der Waals surface area contributed by atoms with Crippen LogP contribution < -0.4 is 5.32 Å². The van der Waals surface area contributed by atoms with E-state index in [-0.39, 0.29) is 25.7 Å². The summed E-state index contributed by atoms with van der Waals surface area (Å²) in [5.74, 6) is -2.15. The van der Waals surface area contributed by atoms with Gasteiger partial charge in [0.1, 0.15) is 20.9 Å². The Morgan fingerprint density at radius 3 is 2.17 bits per heavy atom. The summed E-state index contributed by atoms with van der Waals surface area (Å²) in [5.41, 5.74) is -0.722. The lowest BCUT2D eigenvalue weighted by molar-refractivity contribution is -0.158. The number of esters is 2. The number of rotatable bonds is 5. The van der Waals surface area contributed by atoms with E-state index in [1.807, 2.05) is 0 Å². The summed E-state index contributed by atoms with van der Waals surface area (Å²) in [4.78, 5) is 36.0. The number of amides is 1. The van der Waals surface area contributed by atoms with Crippen molar-refractivity contribution in [3.8, 4) is 0 Å². The molecule has 0 radical (unpaired) electrons. The molecule has 1 atom stereocenters. The predicted octanol–water partition coefficient (Wildman–Crippen LogP) is 3.71. The van der Waals surface area contributed by atoms with Crippen LogP contribution in [0.15, 0.2) is 0 Å². The first-order valence-electron chi connectivity index (χ1n) is 6.70. The summed E-state index contributed by atoms with van der Waals surface area (Å²) in [7, 11) is 1.14. The van der Waals surface area contributed by atoms with Crippen molar-refractivity contribution in [2.45, 2.75) is 38.8 Å². The highest BCUT2D eigenvalue weighted by Gasteiger charge is 2.30. The number of halogens is 3. The third-order valence-electron chi connectivity index (χ3n) is 2.54. The molecule has 0 unspecified atom stereocenters. The van der Waals surface area contributed by atoms with Crippen molar-refractivity contribution >= 4 is 64.0 Å². The number of carbonyl (C=O) groups is 3. The van der Waals surface area contributed by atoms with E-state index < -0.39 is 29.5 Å². The van der Waals surface area contributed by atoms with Gasteiger partial charge in [-0.1, -0.05) is 34.8 Å². The fourth-order valence-corrected chi connectivity index (χ4v) is 3.33. The quantitative estimate of drug-likeness (QED) is 0.740. The topological polar surface area (TPSA) is 81.7 Å². The molecule has 0 saturated heterocycles. The molecule has 0 aromatic carbocycles. The molecule has 134 valence electrons. The molecule has 0 saturated carbocycles. The Kier molecular flexibility index (Phi) is 7.34. The fraction of sp³-hybridized carbons (Fsp3) is 0.500. The highest BCUT2D eigenvalue weighted by Crippen LogP contribution is 2.40. The Morgan fingerprint density at radius 1 is 1.17 bits per heavy atom. The molecule has 0 spiro atoms. The van der Waals surface area contributed by atoms with Crippen LogP contribution in [0.2, 0.25) is 14.4 Å². The van der Waals surface area contributed by atoms with E-state index in [2.05, 4.69) is 10.1 Å². The van der Waals surface area contributed by atoms with E-state index in [1.165, 1.54) is 0 Å². The van der Waals surface area contributed by atoms with Crippen molar-refractivity contribution < 1.29 is 23.9 Å². The standard InChI is InChI=1S/C14H16Cl3NO5S/c1-14(2,3)23-7(19)5-6(13(21)22-4)18-12(20)10-8(15)9(16)11(17)24-10/h6H,5H2,1-4H3,(H,18,20)/t6-/m0/s1. The molecule has 1 aromatic rings. The van der Waals surface area contributed by atoms with Gasteiger partial charge in [-0.3, -0.25) is 9.59 Å². The van der Waals surface area contributed by atoms with Gasteiger partial charge in [0, 0.05) is 0 Å². The zero-order chi connectivity index (χ0) is 18.7. The minimum absolute atomic E-state index is 0.0231. The first-order valence-corrected chi connectivity index (χ1v) is 8.65. The SMILES string of the molecule is COC(=O)[C@H](CC(=O)OC(C)(C)C)NC(=O)c1sc(Cl)c(Cl)c1Cl. The van der Waals surface area contributed by atoms with Gasteiger partial charge in [-0.25, -0.2) is 4.79 Å². The summed E-state index contributed by atoms with van der Waals surface area (Å²) in [6, 6.07) is -1.23. The number of nitrogens with one attached hydrogen (secondary N) is 1. The van der Waals surface area contributed by atoms with Crippen LogP contribution in [0.5, 0.6) is 0 Å². The van der Waals surface area contributed by atoms with Gasteiger partial charge < -0.3 is 14.8 Å². The van der Waals surface area contributed by atoms with E-state index in [1.54, 1.807) is 20.8 Å². The van der Waals surface area contributed by atoms with Crippen LogP contribution >= 0.6 is 46.1 Å². The summed E-state index contributed by atoms with van der Waals surface area (Å²) in [6.45, 7) is 5.06. The van der Waals surface area contributed by atoms with Gasteiger partial charge in [0.2, 0.25) is 0 Å². The maximum absolute atomic E-state index is 12.3.